The number of benzene rings is 1. The van der Waals surface area contributed by atoms with Gasteiger partial charge in [0.1, 0.15) is 5.67 Å². The summed E-state index contributed by atoms with van der Waals surface area (Å²) in [5, 5.41) is 10.2. The standard InChI is InChI=1S/C26H31FN2O2/c1-16-13-18(10-12-23(30)31)9-11-19(16)25-24-21(20-7-5-6-8-22(20)28-24)14-17(2)29(25)15-26(3,4)27/h5-12,16-17,25,28H,13-15H2,1-4H3,(H,30,31)/b12-10+/t16-,17-,25-/m1/s1. The maximum atomic E-state index is 14.9. The van der Waals surface area contributed by atoms with Crippen LogP contribution in [0.4, 0.5) is 4.39 Å². The lowest BCUT2D eigenvalue weighted by Gasteiger charge is -2.45. The number of aromatic amines is 1. The fourth-order valence-electron chi connectivity index (χ4n) is 5.12. The second-order valence-corrected chi connectivity index (χ2v) is 9.59. The number of aliphatic carboxylic acids is 1. The van der Waals surface area contributed by atoms with Crippen molar-refractivity contribution in [2.45, 2.75) is 58.3 Å². The molecule has 0 bridgehead atoms. The zero-order chi connectivity index (χ0) is 22.3. The number of fused-ring (bicyclic) bond motifs is 3. The van der Waals surface area contributed by atoms with Crippen molar-refractivity contribution < 1.29 is 14.3 Å². The Morgan fingerprint density at radius 1 is 1.26 bits per heavy atom. The van der Waals surface area contributed by atoms with Gasteiger partial charge in [0.25, 0.3) is 0 Å². The number of para-hydroxylation sites is 1. The van der Waals surface area contributed by atoms with E-state index in [0.29, 0.717) is 6.54 Å². The summed E-state index contributed by atoms with van der Waals surface area (Å²) in [5.41, 5.74) is 4.55. The Labute approximate surface area is 183 Å². The number of carboxylic acids is 1. The van der Waals surface area contributed by atoms with Crippen LogP contribution in [0.25, 0.3) is 10.9 Å². The third-order valence-electron chi connectivity index (χ3n) is 6.43. The molecule has 4 rings (SSSR count). The van der Waals surface area contributed by atoms with Crippen LogP contribution < -0.4 is 0 Å². The fourth-order valence-corrected chi connectivity index (χ4v) is 5.12. The third kappa shape index (κ3) is 4.38. The molecule has 1 aliphatic carbocycles. The highest BCUT2D eigenvalue weighted by Crippen LogP contribution is 2.45. The number of carboxylic acid groups (broad SMARTS) is 1. The Morgan fingerprint density at radius 2 is 2.00 bits per heavy atom. The Kier molecular flexibility index (Phi) is 5.65. The smallest absolute Gasteiger partial charge is 0.328 e. The Balaban J connectivity index is 1.82. The minimum atomic E-state index is -1.31. The van der Waals surface area contributed by atoms with Gasteiger partial charge in [-0.05, 0) is 62.3 Å². The average Bonchev–Trinajstić information content (AvgIpc) is 3.05. The van der Waals surface area contributed by atoms with Gasteiger partial charge in [0, 0.05) is 35.3 Å². The first-order valence-electron chi connectivity index (χ1n) is 11.0. The van der Waals surface area contributed by atoms with E-state index in [-0.39, 0.29) is 18.0 Å². The molecule has 1 aromatic carbocycles. The molecule has 31 heavy (non-hydrogen) atoms. The Bertz CT molecular complexity index is 1090. The van der Waals surface area contributed by atoms with Gasteiger partial charge in [-0.2, -0.15) is 0 Å². The zero-order valence-corrected chi connectivity index (χ0v) is 18.7. The lowest BCUT2D eigenvalue weighted by atomic mass is 9.79. The molecule has 0 unspecified atom stereocenters. The topological polar surface area (TPSA) is 56.3 Å². The number of alkyl halides is 1. The van der Waals surface area contributed by atoms with Gasteiger partial charge in [-0.1, -0.05) is 43.4 Å². The van der Waals surface area contributed by atoms with Crippen LogP contribution >= 0.6 is 0 Å². The van der Waals surface area contributed by atoms with Crippen molar-refractivity contribution in [3.8, 4) is 0 Å². The van der Waals surface area contributed by atoms with Gasteiger partial charge in [-0.3, -0.25) is 4.90 Å². The first-order chi connectivity index (χ1) is 14.6. The summed E-state index contributed by atoms with van der Waals surface area (Å²) < 4.78 is 14.9. The van der Waals surface area contributed by atoms with Gasteiger partial charge >= 0.3 is 5.97 Å². The molecule has 1 aliphatic heterocycles. The molecule has 2 heterocycles. The summed E-state index contributed by atoms with van der Waals surface area (Å²) in [6.45, 7) is 8.01. The molecule has 164 valence electrons. The molecule has 3 atom stereocenters. The number of allylic oxidation sites excluding steroid dienone is 4. The van der Waals surface area contributed by atoms with E-state index in [0.717, 1.165) is 23.9 Å². The van der Waals surface area contributed by atoms with Crippen molar-refractivity contribution in [3.63, 3.8) is 0 Å². The van der Waals surface area contributed by atoms with Crippen LogP contribution in [0, 0.1) is 5.92 Å². The quantitative estimate of drug-likeness (QED) is 0.605. The zero-order valence-electron chi connectivity index (χ0n) is 18.7. The van der Waals surface area contributed by atoms with Crippen molar-refractivity contribution in [2.75, 3.05) is 6.54 Å². The summed E-state index contributed by atoms with van der Waals surface area (Å²) in [7, 11) is 0. The highest BCUT2D eigenvalue weighted by molar-refractivity contribution is 5.85. The van der Waals surface area contributed by atoms with Crippen LogP contribution in [-0.2, 0) is 11.2 Å². The fraction of sp³-hybridized carbons (Fsp3) is 0.423. The minimum Gasteiger partial charge on any atom is -0.478 e. The summed E-state index contributed by atoms with van der Waals surface area (Å²) in [4.78, 5) is 16.8. The van der Waals surface area contributed by atoms with E-state index in [2.05, 4.69) is 48.0 Å². The van der Waals surface area contributed by atoms with E-state index < -0.39 is 11.6 Å². The summed E-state index contributed by atoms with van der Waals surface area (Å²) in [6.07, 6.45) is 8.64. The lowest BCUT2D eigenvalue weighted by Crippen LogP contribution is -2.48. The van der Waals surface area contributed by atoms with E-state index in [1.165, 1.54) is 28.3 Å². The van der Waals surface area contributed by atoms with Crippen LogP contribution in [0.5, 0.6) is 0 Å². The van der Waals surface area contributed by atoms with Crippen LogP contribution in [0.15, 0.2) is 59.7 Å². The van der Waals surface area contributed by atoms with Crippen molar-refractivity contribution in [1.82, 2.24) is 9.88 Å². The molecule has 2 aliphatic rings. The van der Waals surface area contributed by atoms with Gasteiger partial charge in [0.05, 0.1) is 6.04 Å². The van der Waals surface area contributed by atoms with Crippen LogP contribution in [-0.4, -0.2) is 39.2 Å². The van der Waals surface area contributed by atoms with Gasteiger partial charge in [0.15, 0.2) is 0 Å². The molecule has 5 heteroatoms. The molecular formula is C26H31FN2O2. The maximum Gasteiger partial charge on any atom is 0.328 e. The van der Waals surface area contributed by atoms with Gasteiger partial charge in [-0.15, -0.1) is 0 Å². The highest BCUT2D eigenvalue weighted by atomic mass is 19.1. The summed E-state index contributed by atoms with van der Waals surface area (Å²) in [5.74, 6) is -0.721. The molecule has 4 nitrogen and oxygen atoms in total. The number of H-pyrrole nitrogens is 1. The largest absolute Gasteiger partial charge is 0.478 e. The monoisotopic (exact) mass is 422 g/mol. The van der Waals surface area contributed by atoms with Crippen molar-refractivity contribution in [3.05, 3.63) is 71.0 Å². The molecule has 0 spiro atoms. The first-order valence-corrected chi connectivity index (χ1v) is 11.0. The Morgan fingerprint density at radius 3 is 2.68 bits per heavy atom. The van der Waals surface area contributed by atoms with Crippen LogP contribution in [0.2, 0.25) is 0 Å². The van der Waals surface area contributed by atoms with Crippen LogP contribution in [0.1, 0.15) is 51.4 Å². The van der Waals surface area contributed by atoms with Gasteiger partial charge in [-0.25, -0.2) is 9.18 Å². The molecule has 0 amide bonds. The molecule has 0 saturated carbocycles. The van der Waals surface area contributed by atoms with Gasteiger partial charge in [0.2, 0.25) is 0 Å². The van der Waals surface area contributed by atoms with Crippen molar-refractivity contribution >= 4 is 16.9 Å². The minimum absolute atomic E-state index is 0.0302. The molecule has 2 aromatic rings. The normalized spacial score (nSPS) is 24.9. The number of halogens is 1. The van der Waals surface area contributed by atoms with E-state index in [1.807, 2.05) is 12.1 Å². The molecule has 0 saturated heterocycles. The molecular weight excluding hydrogens is 391 g/mol. The average molecular weight is 423 g/mol. The summed E-state index contributed by atoms with van der Waals surface area (Å²) >= 11 is 0. The van der Waals surface area contributed by atoms with E-state index in [1.54, 1.807) is 19.9 Å². The number of nitrogens with one attached hydrogen (secondary N) is 1. The van der Waals surface area contributed by atoms with Gasteiger partial charge < -0.3 is 10.1 Å². The van der Waals surface area contributed by atoms with E-state index in [9.17, 15) is 9.18 Å². The number of rotatable bonds is 5. The van der Waals surface area contributed by atoms with Crippen molar-refractivity contribution in [2.24, 2.45) is 5.92 Å². The third-order valence-corrected chi connectivity index (χ3v) is 6.43. The highest BCUT2D eigenvalue weighted by Gasteiger charge is 2.40. The maximum absolute atomic E-state index is 14.9. The number of hydrogen-bond acceptors (Lipinski definition) is 2. The number of hydrogen-bond donors (Lipinski definition) is 2. The first kappa shape index (κ1) is 21.6. The second-order valence-electron chi connectivity index (χ2n) is 9.59. The second kappa shape index (κ2) is 8.12. The number of nitrogens with zero attached hydrogens (tertiary/aromatic N) is 1. The SMILES string of the molecule is C[C@@H]1CC(/C=C/C(=O)O)=CC=C1[C@@H]1c2[nH]c3ccccc3c2C[C@@H](C)N1CC(C)(C)F. The van der Waals surface area contributed by atoms with E-state index >= 15 is 0 Å². The predicted molar refractivity (Wildman–Crippen MR) is 123 cm³/mol. The molecule has 1 aromatic heterocycles. The van der Waals surface area contributed by atoms with Crippen molar-refractivity contribution in [1.29, 1.82) is 0 Å². The Hall–Kier alpha value is -2.66. The number of aromatic nitrogens is 1. The number of carbonyl (C=O) groups is 1. The molecule has 0 radical (unpaired) electrons. The molecule has 0 fully saturated rings. The summed E-state index contributed by atoms with van der Waals surface area (Å²) in [6, 6.07) is 8.55. The van der Waals surface area contributed by atoms with Crippen LogP contribution in [0.3, 0.4) is 0 Å². The van der Waals surface area contributed by atoms with E-state index in [4.69, 9.17) is 5.11 Å². The lowest BCUT2D eigenvalue weighted by molar-refractivity contribution is -0.131. The molecule has 2 N–H and O–H groups in total. The predicted octanol–water partition coefficient (Wildman–Crippen LogP) is 5.74.